The molecule has 0 saturated heterocycles. The van der Waals surface area contributed by atoms with Gasteiger partial charge in [0.15, 0.2) is 0 Å². The van der Waals surface area contributed by atoms with E-state index >= 15 is 0 Å². The molecule has 136 valence electrons. The highest BCUT2D eigenvalue weighted by Crippen LogP contribution is 2.29. The predicted octanol–water partition coefficient (Wildman–Crippen LogP) is 2.16. The molecule has 1 aliphatic rings. The fraction of sp³-hybridized carbons (Fsp3) is 0.316. The second-order valence-corrected chi connectivity index (χ2v) is 7.24. The molecule has 1 aliphatic carbocycles. The fourth-order valence-electron chi connectivity index (χ4n) is 2.70. The van der Waals surface area contributed by atoms with Crippen LogP contribution in [0.1, 0.15) is 44.9 Å². The minimum Gasteiger partial charge on any atom is -0.366 e. The molecule has 1 aromatic carbocycles. The lowest BCUT2D eigenvalue weighted by Gasteiger charge is -2.23. The molecule has 6 nitrogen and oxygen atoms in total. The number of carbonyl (C=O) groups is 3. The van der Waals surface area contributed by atoms with Crippen molar-refractivity contribution in [3.05, 3.63) is 57.8 Å². The molecule has 0 radical (unpaired) electrons. The van der Waals surface area contributed by atoms with Crippen LogP contribution in [0.5, 0.6) is 0 Å². The summed E-state index contributed by atoms with van der Waals surface area (Å²) in [7, 11) is 0. The topological polar surface area (TPSA) is 92.5 Å². The Labute approximate surface area is 156 Å². The number of hydrogen-bond donors (Lipinski definition) is 2. The van der Waals surface area contributed by atoms with E-state index in [2.05, 4.69) is 5.32 Å². The van der Waals surface area contributed by atoms with Gasteiger partial charge in [0, 0.05) is 31.1 Å². The number of nitrogens with zero attached hydrogens (tertiary/aromatic N) is 1. The molecule has 0 atom stereocenters. The molecule has 3 amide bonds. The molecule has 1 fully saturated rings. The number of benzene rings is 1. The average Bonchev–Trinajstić information content (AvgIpc) is 3.32. The van der Waals surface area contributed by atoms with Crippen molar-refractivity contribution in [3.8, 4) is 0 Å². The number of rotatable bonds is 8. The van der Waals surface area contributed by atoms with Crippen molar-refractivity contribution >= 4 is 29.1 Å². The molecule has 2 aromatic rings. The summed E-state index contributed by atoms with van der Waals surface area (Å²) in [4.78, 5) is 38.1. The van der Waals surface area contributed by atoms with Crippen molar-refractivity contribution in [1.82, 2.24) is 10.2 Å². The molecule has 0 spiro atoms. The van der Waals surface area contributed by atoms with E-state index in [1.165, 1.54) is 11.3 Å². The predicted molar refractivity (Wildman–Crippen MR) is 99.8 cm³/mol. The van der Waals surface area contributed by atoms with Crippen molar-refractivity contribution < 1.29 is 14.4 Å². The minimum absolute atomic E-state index is 0.0259. The number of primary amides is 1. The first-order valence-electron chi connectivity index (χ1n) is 8.54. The maximum Gasteiger partial charge on any atom is 0.261 e. The van der Waals surface area contributed by atoms with E-state index in [0.29, 0.717) is 23.5 Å². The quantitative estimate of drug-likeness (QED) is 0.745. The van der Waals surface area contributed by atoms with Crippen LogP contribution in [0.25, 0.3) is 0 Å². The van der Waals surface area contributed by atoms with Crippen LogP contribution in [0.3, 0.4) is 0 Å². The van der Waals surface area contributed by atoms with Crippen molar-refractivity contribution in [1.29, 1.82) is 0 Å². The lowest BCUT2D eigenvalue weighted by atomic mass is 10.1. The number of nitrogens with one attached hydrogen (secondary N) is 1. The zero-order valence-corrected chi connectivity index (χ0v) is 15.1. The lowest BCUT2D eigenvalue weighted by molar-refractivity contribution is -0.132. The van der Waals surface area contributed by atoms with Crippen molar-refractivity contribution in [3.63, 3.8) is 0 Å². The van der Waals surface area contributed by atoms with Crippen LogP contribution in [0, 0.1) is 0 Å². The van der Waals surface area contributed by atoms with Crippen LogP contribution in [0.4, 0.5) is 0 Å². The summed E-state index contributed by atoms with van der Waals surface area (Å²) in [5.74, 6) is -0.584. The first-order valence-corrected chi connectivity index (χ1v) is 9.42. The second kappa shape index (κ2) is 8.14. The van der Waals surface area contributed by atoms with E-state index in [1.54, 1.807) is 18.2 Å². The molecule has 3 N–H and O–H groups in total. The third-order valence-electron chi connectivity index (χ3n) is 4.27. The molecule has 7 heteroatoms. The Morgan fingerprint density at radius 3 is 2.46 bits per heavy atom. The van der Waals surface area contributed by atoms with Gasteiger partial charge in [0.25, 0.3) is 5.91 Å². The van der Waals surface area contributed by atoms with Crippen molar-refractivity contribution in [2.45, 2.75) is 31.8 Å². The fourth-order valence-corrected chi connectivity index (χ4v) is 3.34. The monoisotopic (exact) mass is 371 g/mol. The van der Waals surface area contributed by atoms with Crippen LogP contribution in [-0.2, 0) is 11.3 Å². The molecule has 26 heavy (non-hydrogen) atoms. The molecule has 0 bridgehead atoms. The maximum atomic E-state index is 12.6. The van der Waals surface area contributed by atoms with Gasteiger partial charge in [-0.05, 0) is 42.0 Å². The van der Waals surface area contributed by atoms with Gasteiger partial charge < -0.3 is 16.0 Å². The number of hydrogen-bond acceptors (Lipinski definition) is 4. The van der Waals surface area contributed by atoms with Crippen molar-refractivity contribution in [2.75, 3.05) is 6.54 Å². The van der Waals surface area contributed by atoms with E-state index in [-0.39, 0.29) is 24.3 Å². The smallest absolute Gasteiger partial charge is 0.261 e. The summed E-state index contributed by atoms with van der Waals surface area (Å²) in [6.45, 7) is 0.820. The van der Waals surface area contributed by atoms with Gasteiger partial charge in [-0.3, -0.25) is 14.4 Å². The zero-order valence-electron chi connectivity index (χ0n) is 14.3. The Bertz CT molecular complexity index is 783. The standard InChI is InChI=1S/C19H21N3O3S/c20-18(24)14-5-3-13(4-6-14)12-22(15-7-8-15)17(23)9-10-21-19(25)16-2-1-11-26-16/h1-6,11,15H,7-10,12H2,(H2,20,24)(H,21,25). The number of amides is 3. The summed E-state index contributed by atoms with van der Waals surface area (Å²) >= 11 is 1.38. The van der Waals surface area contributed by atoms with E-state index in [9.17, 15) is 14.4 Å². The molecule has 1 heterocycles. The Morgan fingerprint density at radius 2 is 1.88 bits per heavy atom. The highest BCUT2D eigenvalue weighted by molar-refractivity contribution is 7.12. The molecular weight excluding hydrogens is 350 g/mol. The first kappa shape index (κ1) is 18.1. The average molecular weight is 371 g/mol. The van der Waals surface area contributed by atoms with Crippen LogP contribution in [-0.4, -0.2) is 35.2 Å². The third-order valence-corrected chi connectivity index (χ3v) is 5.14. The Morgan fingerprint density at radius 1 is 1.15 bits per heavy atom. The molecule has 1 aromatic heterocycles. The number of thiophene rings is 1. The normalized spacial score (nSPS) is 13.2. The van der Waals surface area contributed by atoms with Crippen LogP contribution < -0.4 is 11.1 Å². The SMILES string of the molecule is NC(=O)c1ccc(CN(C(=O)CCNC(=O)c2cccs2)C2CC2)cc1. The van der Waals surface area contributed by atoms with Crippen LogP contribution in [0.2, 0.25) is 0 Å². The van der Waals surface area contributed by atoms with Gasteiger partial charge in [0.1, 0.15) is 0 Å². The summed E-state index contributed by atoms with van der Waals surface area (Å²) in [6, 6.07) is 10.8. The minimum atomic E-state index is -0.465. The summed E-state index contributed by atoms with van der Waals surface area (Å²) < 4.78 is 0. The van der Waals surface area contributed by atoms with Gasteiger partial charge in [-0.15, -0.1) is 11.3 Å². The highest BCUT2D eigenvalue weighted by Gasteiger charge is 2.32. The van der Waals surface area contributed by atoms with E-state index < -0.39 is 5.91 Å². The van der Waals surface area contributed by atoms with Gasteiger partial charge in [-0.25, -0.2) is 0 Å². The highest BCUT2D eigenvalue weighted by atomic mass is 32.1. The summed E-state index contributed by atoms with van der Waals surface area (Å²) in [6.07, 6.45) is 2.28. The van der Waals surface area contributed by atoms with E-state index in [4.69, 9.17) is 5.73 Å². The third kappa shape index (κ3) is 4.70. The van der Waals surface area contributed by atoms with Gasteiger partial charge in [0.05, 0.1) is 4.88 Å². The molecule has 0 unspecified atom stereocenters. The van der Waals surface area contributed by atoms with Gasteiger partial charge >= 0.3 is 0 Å². The summed E-state index contributed by atoms with van der Waals surface area (Å²) in [5, 5.41) is 4.63. The summed E-state index contributed by atoms with van der Waals surface area (Å²) in [5.41, 5.74) is 6.66. The van der Waals surface area contributed by atoms with Crippen LogP contribution in [0.15, 0.2) is 41.8 Å². The van der Waals surface area contributed by atoms with Crippen molar-refractivity contribution in [2.24, 2.45) is 5.73 Å². The Kier molecular flexibility index (Phi) is 5.68. The van der Waals surface area contributed by atoms with E-state index in [1.807, 2.05) is 28.5 Å². The van der Waals surface area contributed by atoms with Crippen LogP contribution >= 0.6 is 11.3 Å². The lowest BCUT2D eigenvalue weighted by Crippen LogP contribution is -2.35. The van der Waals surface area contributed by atoms with Gasteiger partial charge in [-0.2, -0.15) is 0 Å². The Balaban J connectivity index is 1.53. The van der Waals surface area contributed by atoms with Gasteiger partial charge in [-0.1, -0.05) is 18.2 Å². The molecule has 0 aliphatic heterocycles. The second-order valence-electron chi connectivity index (χ2n) is 6.30. The molecular formula is C19H21N3O3S. The molecule has 3 rings (SSSR count). The Hall–Kier alpha value is -2.67. The number of carbonyl (C=O) groups excluding carboxylic acids is 3. The first-order chi connectivity index (χ1) is 12.5. The van der Waals surface area contributed by atoms with E-state index in [0.717, 1.165) is 18.4 Å². The zero-order chi connectivity index (χ0) is 18.5. The molecule has 1 saturated carbocycles. The maximum absolute atomic E-state index is 12.6. The van der Waals surface area contributed by atoms with Gasteiger partial charge in [0.2, 0.25) is 11.8 Å². The largest absolute Gasteiger partial charge is 0.366 e. The number of nitrogens with two attached hydrogens (primary N) is 1.